The molecule has 118 valence electrons. The van der Waals surface area contributed by atoms with E-state index in [0.29, 0.717) is 5.02 Å². The van der Waals surface area contributed by atoms with Crippen molar-refractivity contribution in [2.24, 2.45) is 5.41 Å². The molecule has 0 heterocycles. The lowest BCUT2D eigenvalue weighted by Gasteiger charge is -2.12. The maximum atomic E-state index is 12.3. The molecule has 0 aliphatic heterocycles. The van der Waals surface area contributed by atoms with E-state index < -0.39 is 0 Å². The molecule has 1 saturated carbocycles. The van der Waals surface area contributed by atoms with Crippen molar-refractivity contribution < 1.29 is 9.53 Å². The monoisotopic (exact) mass is 326 g/mol. The molecule has 3 rings (SSSR count). The first-order valence-corrected chi connectivity index (χ1v) is 8.11. The third kappa shape index (κ3) is 3.65. The van der Waals surface area contributed by atoms with Gasteiger partial charge in [-0.25, -0.2) is 0 Å². The summed E-state index contributed by atoms with van der Waals surface area (Å²) >= 11 is 5.86. The van der Waals surface area contributed by atoms with Gasteiger partial charge in [0.05, 0.1) is 0 Å². The van der Waals surface area contributed by atoms with Crippen molar-refractivity contribution in [3.8, 4) is 11.5 Å². The van der Waals surface area contributed by atoms with Gasteiger partial charge in [-0.15, -0.1) is 0 Å². The number of rotatable bonds is 3. The quantitative estimate of drug-likeness (QED) is 0.656. The first-order chi connectivity index (χ1) is 10.9. The molecule has 23 heavy (non-hydrogen) atoms. The molecule has 1 aliphatic rings. The maximum Gasteiger partial charge on any atom is 0.164 e. The van der Waals surface area contributed by atoms with Gasteiger partial charge in [-0.2, -0.15) is 0 Å². The van der Waals surface area contributed by atoms with E-state index in [-0.39, 0.29) is 11.2 Å². The van der Waals surface area contributed by atoms with E-state index in [4.69, 9.17) is 16.3 Å². The largest absolute Gasteiger partial charge is 0.457 e. The molecule has 2 nitrogen and oxygen atoms in total. The number of allylic oxidation sites excluding steroid dienone is 1. The molecule has 0 unspecified atom stereocenters. The number of hydrogen-bond donors (Lipinski definition) is 0. The molecule has 2 aromatic carbocycles. The molecular formula is C20H19ClO2. The summed E-state index contributed by atoms with van der Waals surface area (Å²) in [5.74, 6) is 1.76. The highest BCUT2D eigenvalue weighted by Gasteiger charge is 2.36. The predicted molar refractivity (Wildman–Crippen MR) is 94.0 cm³/mol. The van der Waals surface area contributed by atoms with Gasteiger partial charge in [0, 0.05) is 10.4 Å². The van der Waals surface area contributed by atoms with Crippen molar-refractivity contribution in [1.82, 2.24) is 0 Å². The van der Waals surface area contributed by atoms with Crippen LogP contribution in [0.2, 0.25) is 5.02 Å². The standard InChI is InChI=1S/C20H19ClO2/c1-20(2)12-11-15(19(20)22)13-14-3-7-17(8-4-14)23-18-9-5-16(21)6-10-18/h3-10,13H,11-12H2,1-2H3. The normalized spacial score (nSPS) is 18.4. The minimum atomic E-state index is -0.219. The molecule has 0 bridgehead atoms. The third-order valence-corrected chi connectivity index (χ3v) is 4.45. The van der Waals surface area contributed by atoms with E-state index in [1.54, 1.807) is 12.1 Å². The summed E-state index contributed by atoms with van der Waals surface area (Å²) in [6.07, 6.45) is 3.77. The van der Waals surface area contributed by atoms with E-state index in [9.17, 15) is 4.79 Å². The van der Waals surface area contributed by atoms with Gasteiger partial charge in [0.2, 0.25) is 0 Å². The fourth-order valence-corrected chi connectivity index (χ4v) is 2.84. The molecule has 0 aromatic heterocycles. The SMILES string of the molecule is CC1(C)CCC(=Cc2ccc(Oc3ccc(Cl)cc3)cc2)C1=O. The Morgan fingerprint density at radius 2 is 1.57 bits per heavy atom. The summed E-state index contributed by atoms with van der Waals surface area (Å²) < 4.78 is 5.77. The third-order valence-electron chi connectivity index (χ3n) is 4.20. The smallest absolute Gasteiger partial charge is 0.164 e. The van der Waals surface area contributed by atoms with Gasteiger partial charge in [0.15, 0.2) is 5.78 Å². The number of hydrogen-bond acceptors (Lipinski definition) is 2. The number of halogens is 1. The summed E-state index contributed by atoms with van der Waals surface area (Å²) in [5, 5.41) is 0.684. The summed E-state index contributed by atoms with van der Waals surface area (Å²) in [6, 6.07) is 15.0. The second-order valence-corrected chi connectivity index (χ2v) is 6.94. The highest BCUT2D eigenvalue weighted by molar-refractivity contribution is 6.30. The van der Waals surface area contributed by atoms with E-state index in [2.05, 4.69) is 0 Å². The molecular weight excluding hydrogens is 308 g/mol. The second kappa shape index (κ2) is 6.21. The number of carbonyl (C=O) groups excluding carboxylic acids is 1. The molecule has 0 amide bonds. The summed E-state index contributed by atoms with van der Waals surface area (Å²) in [6.45, 7) is 4.03. The summed E-state index contributed by atoms with van der Waals surface area (Å²) in [7, 11) is 0. The van der Waals surface area contributed by atoms with Crippen LogP contribution in [0.1, 0.15) is 32.3 Å². The van der Waals surface area contributed by atoms with E-state index >= 15 is 0 Å². The van der Waals surface area contributed by atoms with E-state index in [0.717, 1.165) is 35.5 Å². The fraction of sp³-hybridized carbons (Fsp3) is 0.250. The van der Waals surface area contributed by atoms with Crippen molar-refractivity contribution in [2.75, 3.05) is 0 Å². The van der Waals surface area contributed by atoms with Crippen molar-refractivity contribution >= 4 is 23.5 Å². The Bertz CT molecular complexity index is 740. The van der Waals surface area contributed by atoms with Gasteiger partial charge < -0.3 is 4.74 Å². The molecule has 0 N–H and O–H groups in total. The highest BCUT2D eigenvalue weighted by atomic mass is 35.5. The minimum absolute atomic E-state index is 0.219. The minimum Gasteiger partial charge on any atom is -0.457 e. The Morgan fingerprint density at radius 3 is 2.09 bits per heavy atom. The van der Waals surface area contributed by atoms with Crippen LogP contribution >= 0.6 is 11.6 Å². The fourth-order valence-electron chi connectivity index (χ4n) is 2.72. The Balaban J connectivity index is 1.73. The zero-order chi connectivity index (χ0) is 16.4. The van der Waals surface area contributed by atoms with Crippen LogP contribution in [-0.2, 0) is 4.79 Å². The van der Waals surface area contributed by atoms with Crippen LogP contribution in [0.4, 0.5) is 0 Å². The van der Waals surface area contributed by atoms with Gasteiger partial charge in [-0.05, 0) is 66.5 Å². The Labute approximate surface area is 141 Å². The van der Waals surface area contributed by atoms with Crippen molar-refractivity contribution in [2.45, 2.75) is 26.7 Å². The van der Waals surface area contributed by atoms with Gasteiger partial charge in [0.25, 0.3) is 0 Å². The van der Waals surface area contributed by atoms with Crippen LogP contribution in [0.5, 0.6) is 11.5 Å². The number of carbonyl (C=O) groups is 1. The van der Waals surface area contributed by atoms with Crippen molar-refractivity contribution in [3.05, 3.63) is 64.7 Å². The van der Waals surface area contributed by atoms with Gasteiger partial charge in [-0.3, -0.25) is 4.79 Å². The van der Waals surface area contributed by atoms with E-state index in [1.807, 2.05) is 56.3 Å². The lowest BCUT2D eigenvalue weighted by molar-refractivity contribution is -0.121. The zero-order valence-electron chi connectivity index (χ0n) is 13.3. The number of Topliss-reactive ketones (excluding diaryl/α,β-unsaturated/α-hetero) is 1. The lowest BCUT2D eigenvalue weighted by atomic mass is 9.90. The summed E-state index contributed by atoms with van der Waals surface area (Å²) in [5.41, 5.74) is 1.72. The molecule has 0 spiro atoms. The molecule has 0 radical (unpaired) electrons. The van der Waals surface area contributed by atoms with Crippen LogP contribution in [0.15, 0.2) is 54.1 Å². The van der Waals surface area contributed by atoms with Gasteiger partial charge >= 0.3 is 0 Å². The Hall–Kier alpha value is -2.06. The van der Waals surface area contributed by atoms with Crippen molar-refractivity contribution in [3.63, 3.8) is 0 Å². The molecule has 2 aromatic rings. The average molecular weight is 327 g/mol. The van der Waals surface area contributed by atoms with Crippen LogP contribution < -0.4 is 4.74 Å². The van der Waals surface area contributed by atoms with Gasteiger partial charge in [0.1, 0.15) is 11.5 Å². The first-order valence-electron chi connectivity index (χ1n) is 7.73. The Morgan fingerprint density at radius 1 is 1.00 bits per heavy atom. The Kier molecular flexibility index (Phi) is 4.27. The number of ketones is 1. The van der Waals surface area contributed by atoms with Crippen LogP contribution in [-0.4, -0.2) is 5.78 Å². The van der Waals surface area contributed by atoms with Crippen LogP contribution in [0.3, 0.4) is 0 Å². The second-order valence-electron chi connectivity index (χ2n) is 6.51. The predicted octanol–water partition coefficient (Wildman–Crippen LogP) is 5.90. The lowest BCUT2D eigenvalue weighted by Crippen LogP contribution is -2.17. The molecule has 3 heteroatoms. The van der Waals surface area contributed by atoms with Crippen LogP contribution in [0, 0.1) is 5.41 Å². The molecule has 1 aliphatic carbocycles. The average Bonchev–Trinajstić information content (AvgIpc) is 2.78. The molecule has 1 fully saturated rings. The topological polar surface area (TPSA) is 26.3 Å². The van der Waals surface area contributed by atoms with Crippen LogP contribution in [0.25, 0.3) is 6.08 Å². The molecule has 0 saturated heterocycles. The van der Waals surface area contributed by atoms with Gasteiger partial charge in [-0.1, -0.05) is 37.6 Å². The first kappa shape index (κ1) is 15.8. The highest BCUT2D eigenvalue weighted by Crippen LogP contribution is 2.38. The van der Waals surface area contributed by atoms with Crippen molar-refractivity contribution in [1.29, 1.82) is 0 Å². The molecule has 0 atom stereocenters. The number of benzene rings is 2. The zero-order valence-corrected chi connectivity index (χ0v) is 14.1. The number of ether oxygens (including phenoxy) is 1. The maximum absolute atomic E-state index is 12.3. The summed E-state index contributed by atoms with van der Waals surface area (Å²) in [4.78, 5) is 12.3. The van der Waals surface area contributed by atoms with E-state index in [1.165, 1.54) is 0 Å².